The number of carbonyl (C=O) groups excluding carboxylic acids is 1. The summed E-state index contributed by atoms with van der Waals surface area (Å²) in [6.45, 7) is 4.93. The highest BCUT2D eigenvalue weighted by molar-refractivity contribution is 7.13. The lowest BCUT2D eigenvalue weighted by atomic mass is 10.3. The lowest BCUT2D eigenvalue weighted by Gasteiger charge is -2.21. The molecule has 4 rings (SSSR count). The van der Waals surface area contributed by atoms with E-state index < -0.39 is 5.76 Å². The SMILES string of the molecule is Cc1csc(N2CCCN(C(=O)Cn3c(=O)oc4ccccc43)CC2)n1. The zero-order valence-electron chi connectivity index (χ0n) is 14.6. The van der Waals surface area contributed by atoms with Crippen molar-refractivity contribution in [3.05, 3.63) is 45.9 Å². The topological polar surface area (TPSA) is 71.6 Å². The molecular formula is C18H20N4O3S. The highest BCUT2D eigenvalue weighted by atomic mass is 32.1. The van der Waals surface area contributed by atoms with E-state index in [1.807, 2.05) is 23.3 Å². The third-order valence-electron chi connectivity index (χ3n) is 4.59. The van der Waals surface area contributed by atoms with Crippen LogP contribution in [0.2, 0.25) is 0 Å². The van der Waals surface area contributed by atoms with Crippen molar-refractivity contribution >= 4 is 33.5 Å². The van der Waals surface area contributed by atoms with Crippen LogP contribution in [0.4, 0.5) is 5.13 Å². The van der Waals surface area contributed by atoms with Crippen LogP contribution in [-0.4, -0.2) is 46.5 Å². The predicted molar refractivity (Wildman–Crippen MR) is 101 cm³/mol. The van der Waals surface area contributed by atoms with Gasteiger partial charge in [0.25, 0.3) is 0 Å². The van der Waals surface area contributed by atoms with Gasteiger partial charge in [0.05, 0.1) is 11.2 Å². The Hall–Kier alpha value is -2.61. The Morgan fingerprint density at radius 1 is 1.23 bits per heavy atom. The van der Waals surface area contributed by atoms with Crippen molar-refractivity contribution in [2.75, 3.05) is 31.1 Å². The van der Waals surface area contributed by atoms with Crippen molar-refractivity contribution in [2.24, 2.45) is 0 Å². The second kappa shape index (κ2) is 6.95. The number of amides is 1. The predicted octanol–water partition coefficient (Wildman–Crippen LogP) is 2.10. The Labute approximate surface area is 154 Å². The molecule has 0 aliphatic carbocycles. The van der Waals surface area contributed by atoms with Gasteiger partial charge in [-0.1, -0.05) is 12.1 Å². The average Bonchev–Trinajstić information content (AvgIpc) is 3.09. The number of aryl methyl sites for hydroxylation is 1. The first kappa shape index (κ1) is 16.8. The molecule has 1 fully saturated rings. The van der Waals surface area contributed by atoms with Crippen molar-refractivity contribution in [3.8, 4) is 0 Å². The van der Waals surface area contributed by atoms with Gasteiger partial charge in [0.15, 0.2) is 10.7 Å². The van der Waals surface area contributed by atoms with Gasteiger partial charge in [-0.05, 0) is 25.5 Å². The first-order valence-corrected chi connectivity index (χ1v) is 9.53. The summed E-state index contributed by atoms with van der Waals surface area (Å²) in [7, 11) is 0. The van der Waals surface area contributed by atoms with Gasteiger partial charge in [-0.25, -0.2) is 9.78 Å². The summed E-state index contributed by atoms with van der Waals surface area (Å²) in [4.78, 5) is 33.4. The summed E-state index contributed by atoms with van der Waals surface area (Å²) in [6.07, 6.45) is 0.880. The fourth-order valence-corrected chi connectivity index (χ4v) is 4.10. The van der Waals surface area contributed by atoms with Gasteiger partial charge >= 0.3 is 5.76 Å². The lowest BCUT2D eigenvalue weighted by Crippen LogP contribution is -2.38. The molecule has 136 valence electrons. The van der Waals surface area contributed by atoms with Crippen molar-refractivity contribution in [1.29, 1.82) is 0 Å². The fraction of sp³-hybridized carbons (Fsp3) is 0.389. The molecule has 0 unspecified atom stereocenters. The first-order chi connectivity index (χ1) is 12.6. The van der Waals surface area contributed by atoms with E-state index in [2.05, 4.69) is 9.88 Å². The smallest absolute Gasteiger partial charge is 0.408 e. The van der Waals surface area contributed by atoms with E-state index >= 15 is 0 Å². The van der Waals surface area contributed by atoms with E-state index in [1.165, 1.54) is 4.57 Å². The number of benzene rings is 1. The number of hydrogen-bond donors (Lipinski definition) is 0. The Bertz CT molecular complexity index is 990. The van der Waals surface area contributed by atoms with E-state index in [0.717, 1.165) is 30.3 Å². The summed E-state index contributed by atoms with van der Waals surface area (Å²) in [5.74, 6) is -0.551. The normalized spacial score (nSPS) is 15.4. The fourth-order valence-electron chi connectivity index (χ4n) is 3.24. The molecule has 0 atom stereocenters. The number of fused-ring (bicyclic) bond motifs is 1. The standard InChI is InChI=1S/C18H20N4O3S/c1-13-12-26-17(19-13)21-8-4-7-20(9-10-21)16(23)11-22-14-5-2-3-6-15(14)25-18(22)24/h2-3,5-6,12H,4,7-11H2,1H3. The highest BCUT2D eigenvalue weighted by Gasteiger charge is 2.22. The molecule has 1 aromatic carbocycles. The molecule has 0 N–H and O–H groups in total. The first-order valence-electron chi connectivity index (χ1n) is 8.65. The Kier molecular flexibility index (Phi) is 4.50. The molecule has 26 heavy (non-hydrogen) atoms. The van der Waals surface area contributed by atoms with Crippen LogP contribution < -0.4 is 10.7 Å². The minimum absolute atomic E-state index is 0.00616. The molecule has 8 heteroatoms. The second-order valence-corrected chi connectivity index (χ2v) is 7.25. The maximum atomic E-state index is 12.8. The monoisotopic (exact) mass is 372 g/mol. The molecule has 1 amide bonds. The lowest BCUT2D eigenvalue weighted by molar-refractivity contribution is -0.131. The molecule has 7 nitrogen and oxygen atoms in total. The molecule has 3 heterocycles. The highest BCUT2D eigenvalue weighted by Crippen LogP contribution is 2.21. The number of carbonyl (C=O) groups is 1. The summed E-state index contributed by atoms with van der Waals surface area (Å²) in [6, 6.07) is 7.17. The van der Waals surface area contributed by atoms with Crippen LogP contribution in [0.5, 0.6) is 0 Å². The van der Waals surface area contributed by atoms with Crippen LogP contribution >= 0.6 is 11.3 Å². The van der Waals surface area contributed by atoms with Crippen LogP contribution in [0.3, 0.4) is 0 Å². The van der Waals surface area contributed by atoms with Crippen LogP contribution in [0.15, 0.2) is 38.9 Å². The van der Waals surface area contributed by atoms with E-state index in [1.54, 1.807) is 29.5 Å². The molecular weight excluding hydrogens is 352 g/mol. The van der Waals surface area contributed by atoms with Crippen LogP contribution in [0.25, 0.3) is 11.1 Å². The van der Waals surface area contributed by atoms with E-state index in [0.29, 0.717) is 24.2 Å². The van der Waals surface area contributed by atoms with Gasteiger partial charge in [-0.15, -0.1) is 11.3 Å². The van der Waals surface area contributed by atoms with E-state index in [9.17, 15) is 9.59 Å². The summed E-state index contributed by atoms with van der Waals surface area (Å²) in [5.41, 5.74) is 2.18. The number of para-hydroxylation sites is 2. The molecule has 3 aromatic rings. The number of anilines is 1. The van der Waals surface area contributed by atoms with Gasteiger partial charge in [0.1, 0.15) is 6.54 Å². The number of hydrogen-bond acceptors (Lipinski definition) is 6. The minimum atomic E-state index is -0.491. The van der Waals surface area contributed by atoms with Crippen LogP contribution in [-0.2, 0) is 11.3 Å². The number of aromatic nitrogens is 2. The third kappa shape index (κ3) is 3.24. The number of nitrogens with zero attached hydrogens (tertiary/aromatic N) is 4. The molecule has 0 bridgehead atoms. The Morgan fingerprint density at radius 2 is 2.08 bits per heavy atom. The Morgan fingerprint density at radius 3 is 2.88 bits per heavy atom. The second-order valence-electron chi connectivity index (χ2n) is 6.41. The molecule has 1 saturated heterocycles. The van der Waals surface area contributed by atoms with Crippen LogP contribution in [0, 0.1) is 6.92 Å². The van der Waals surface area contributed by atoms with E-state index in [-0.39, 0.29) is 12.5 Å². The van der Waals surface area contributed by atoms with Crippen molar-refractivity contribution in [1.82, 2.24) is 14.5 Å². The summed E-state index contributed by atoms with van der Waals surface area (Å²) in [5, 5.41) is 3.05. The molecule has 1 aliphatic rings. The molecule has 0 saturated carbocycles. The maximum absolute atomic E-state index is 12.8. The van der Waals surface area contributed by atoms with Gasteiger partial charge < -0.3 is 14.2 Å². The van der Waals surface area contributed by atoms with E-state index in [4.69, 9.17) is 4.42 Å². The van der Waals surface area contributed by atoms with Gasteiger partial charge in [-0.3, -0.25) is 9.36 Å². The third-order valence-corrected chi connectivity index (χ3v) is 5.61. The molecule has 0 spiro atoms. The number of rotatable bonds is 3. The van der Waals surface area contributed by atoms with Gasteiger partial charge in [-0.2, -0.15) is 0 Å². The molecule has 0 radical (unpaired) electrons. The number of thiazole rings is 1. The minimum Gasteiger partial charge on any atom is -0.408 e. The van der Waals surface area contributed by atoms with Crippen molar-refractivity contribution < 1.29 is 9.21 Å². The largest absolute Gasteiger partial charge is 0.420 e. The quantitative estimate of drug-likeness (QED) is 0.704. The summed E-state index contributed by atoms with van der Waals surface area (Å²) < 4.78 is 6.62. The van der Waals surface area contributed by atoms with Gasteiger partial charge in [0, 0.05) is 31.6 Å². The summed E-state index contributed by atoms with van der Waals surface area (Å²) >= 11 is 1.64. The maximum Gasteiger partial charge on any atom is 0.420 e. The van der Waals surface area contributed by atoms with Crippen molar-refractivity contribution in [3.63, 3.8) is 0 Å². The number of oxazole rings is 1. The average molecular weight is 372 g/mol. The zero-order valence-corrected chi connectivity index (χ0v) is 15.4. The van der Waals surface area contributed by atoms with Crippen molar-refractivity contribution in [2.45, 2.75) is 19.9 Å². The van der Waals surface area contributed by atoms with Gasteiger partial charge in [0.2, 0.25) is 5.91 Å². The Balaban J connectivity index is 1.46. The molecule has 2 aromatic heterocycles. The molecule has 1 aliphatic heterocycles. The van der Waals surface area contributed by atoms with Crippen LogP contribution in [0.1, 0.15) is 12.1 Å². The zero-order chi connectivity index (χ0) is 18.1.